The molecule has 3 aromatic heterocycles. The third-order valence-electron chi connectivity index (χ3n) is 4.80. The zero-order chi connectivity index (χ0) is 19.7. The molecule has 0 aromatic carbocycles. The van der Waals surface area contributed by atoms with Crippen LogP contribution in [0.25, 0.3) is 5.65 Å². The summed E-state index contributed by atoms with van der Waals surface area (Å²) in [4.78, 5) is 14.3. The van der Waals surface area contributed by atoms with Crippen LogP contribution in [0.4, 0.5) is 19.1 Å². The Bertz CT molecular complexity index is 967. The lowest BCUT2D eigenvalue weighted by atomic mass is 9.97. The second kappa shape index (κ2) is 7.17. The fourth-order valence-electron chi connectivity index (χ4n) is 3.37. The van der Waals surface area contributed by atoms with E-state index in [1.165, 1.54) is 16.7 Å². The highest BCUT2D eigenvalue weighted by molar-refractivity contribution is 5.79. The standard InChI is InChI=1S/C18H18F3N5O2/c19-18(20,21)13-5-6-15-23-24-17(26(15)11-13)25-7-1-3-12(10-25)16(27)22-9-14-4-2-8-28-14/h2,4-6,8,11-12H,1,3,7,9-10H2,(H,22,27)/t12-/m0/s1. The average Bonchev–Trinajstić information content (AvgIpc) is 3.34. The molecule has 0 unspecified atom stereocenters. The number of halogens is 3. The molecule has 7 nitrogen and oxygen atoms in total. The summed E-state index contributed by atoms with van der Waals surface area (Å²) in [6.45, 7) is 1.26. The molecule has 1 amide bonds. The number of amides is 1. The van der Waals surface area contributed by atoms with E-state index >= 15 is 0 Å². The van der Waals surface area contributed by atoms with Gasteiger partial charge in [0.15, 0.2) is 5.65 Å². The smallest absolute Gasteiger partial charge is 0.417 e. The van der Waals surface area contributed by atoms with Gasteiger partial charge in [0, 0.05) is 19.3 Å². The molecule has 0 spiro atoms. The predicted molar refractivity (Wildman–Crippen MR) is 93.5 cm³/mol. The van der Waals surface area contributed by atoms with Gasteiger partial charge in [-0.25, -0.2) is 0 Å². The van der Waals surface area contributed by atoms with Crippen LogP contribution in [-0.4, -0.2) is 33.6 Å². The molecule has 10 heteroatoms. The molecule has 4 rings (SSSR count). The maximum absolute atomic E-state index is 13.0. The summed E-state index contributed by atoms with van der Waals surface area (Å²) in [6.07, 6.45) is -0.496. The van der Waals surface area contributed by atoms with Gasteiger partial charge in [0.25, 0.3) is 0 Å². The van der Waals surface area contributed by atoms with Gasteiger partial charge >= 0.3 is 6.18 Å². The van der Waals surface area contributed by atoms with E-state index in [-0.39, 0.29) is 11.8 Å². The minimum absolute atomic E-state index is 0.120. The third kappa shape index (κ3) is 3.67. The number of piperidine rings is 1. The van der Waals surface area contributed by atoms with Crippen LogP contribution >= 0.6 is 0 Å². The van der Waals surface area contributed by atoms with Gasteiger partial charge in [-0.2, -0.15) is 13.2 Å². The van der Waals surface area contributed by atoms with Crippen molar-refractivity contribution in [2.24, 2.45) is 5.92 Å². The van der Waals surface area contributed by atoms with Gasteiger partial charge in [0.2, 0.25) is 11.9 Å². The number of anilines is 1. The molecule has 1 fully saturated rings. The summed E-state index contributed by atoms with van der Waals surface area (Å²) in [5.41, 5.74) is -0.446. The second-order valence-electron chi connectivity index (χ2n) is 6.73. The molecule has 1 N–H and O–H groups in total. The van der Waals surface area contributed by atoms with Crippen molar-refractivity contribution >= 4 is 17.5 Å². The molecule has 28 heavy (non-hydrogen) atoms. The summed E-state index contributed by atoms with van der Waals surface area (Å²) < 4.78 is 45.6. The molecule has 148 valence electrons. The van der Waals surface area contributed by atoms with Gasteiger partial charge < -0.3 is 14.6 Å². The largest absolute Gasteiger partial charge is 0.467 e. The molecule has 1 aliphatic rings. The number of nitrogens with zero attached hydrogens (tertiary/aromatic N) is 4. The first kappa shape index (κ1) is 18.3. The van der Waals surface area contributed by atoms with E-state index in [2.05, 4.69) is 15.5 Å². The maximum Gasteiger partial charge on any atom is 0.417 e. The van der Waals surface area contributed by atoms with E-state index in [0.29, 0.717) is 43.4 Å². The lowest BCUT2D eigenvalue weighted by Crippen LogP contribution is -2.43. The molecule has 3 aromatic rings. The number of pyridine rings is 1. The number of hydrogen-bond donors (Lipinski definition) is 1. The van der Waals surface area contributed by atoms with Gasteiger partial charge in [0.05, 0.1) is 24.3 Å². The normalized spacial score (nSPS) is 17.8. The molecular weight excluding hydrogens is 375 g/mol. The fourth-order valence-corrected chi connectivity index (χ4v) is 3.37. The highest BCUT2D eigenvalue weighted by Gasteiger charge is 2.32. The van der Waals surface area contributed by atoms with Crippen molar-refractivity contribution in [3.05, 3.63) is 48.0 Å². The number of furan rings is 1. The lowest BCUT2D eigenvalue weighted by molar-refractivity contribution is -0.137. The van der Waals surface area contributed by atoms with Gasteiger partial charge in [-0.15, -0.1) is 10.2 Å². The van der Waals surface area contributed by atoms with Crippen LogP contribution in [0.3, 0.4) is 0 Å². The highest BCUT2D eigenvalue weighted by atomic mass is 19.4. The predicted octanol–water partition coefficient (Wildman–Crippen LogP) is 2.87. The Morgan fingerprint density at radius 2 is 2.14 bits per heavy atom. The van der Waals surface area contributed by atoms with Crippen molar-refractivity contribution in [1.82, 2.24) is 19.9 Å². The molecule has 4 heterocycles. The highest BCUT2D eigenvalue weighted by Crippen LogP contribution is 2.30. The monoisotopic (exact) mass is 393 g/mol. The van der Waals surface area contributed by atoms with Crippen LogP contribution < -0.4 is 10.2 Å². The number of rotatable bonds is 4. The fraction of sp³-hybridized carbons (Fsp3) is 0.389. The van der Waals surface area contributed by atoms with Crippen molar-refractivity contribution in [3.63, 3.8) is 0 Å². The van der Waals surface area contributed by atoms with E-state index in [4.69, 9.17) is 4.42 Å². The van der Waals surface area contributed by atoms with Crippen LogP contribution in [0.2, 0.25) is 0 Å². The molecule has 0 aliphatic carbocycles. The Balaban J connectivity index is 1.50. The first-order valence-electron chi connectivity index (χ1n) is 8.89. The summed E-state index contributed by atoms with van der Waals surface area (Å²) in [5.74, 6) is 0.557. The number of aromatic nitrogens is 3. The first-order valence-corrected chi connectivity index (χ1v) is 8.89. The van der Waals surface area contributed by atoms with Crippen LogP contribution in [-0.2, 0) is 17.5 Å². The molecule has 1 saturated heterocycles. The second-order valence-corrected chi connectivity index (χ2v) is 6.73. The molecule has 0 saturated carbocycles. The number of carbonyl (C=O) groups is 1. The number of alkyl halides is 3. The average molecular weight is 393 g/mol. The summed E-state index contributed by atoms with van der Waals surface area (Å²) in [5, 5.41) is 10.8. The summed E-state index contributed by atoms with van der Waals surface area (Å²) >= 11 is 0. The topological polar surface area (TPSA) is 75.7 Å². The lowest BCUT2D eigenvalue weighted by Gasteiger charge is -2.32. The summed E-state index contributed by atoms with van der Waals surface area (Å²) in [7, 11) is 0. The minimum Gasteiger partial charge on any atom is -0.467 e. The van der Waals surface area contributed by atoms with Crippen molar-refractivity contribution in [2.45, 2.75) is 25.6 Å². The minimum atomic E-state index is -4.45. The Morgan fingerprint density at radius 3 is 2.89 bits per heavy atom. The molecule has 1 aliphatic heterocycles. The van der Waals surface area contributed by atoms with Crippen molar-refractivity contribution < 1.29 is 22.4 Å². The van der Waals surface area contributed by atoms with Gasteiger partial charge in [-0.05, 0) is 37.1 Å². The van der Waals surface area contributed by atoms with E-state index < -0.39 is 11.7 Å². The van der Waals surface area contributed by atoms with Gasteiger partial charge in [0.1, 0.15) is 5.76 Å². The number of fused-ring (bicyclic) bond motifs is 1. The summed E-state index contributed by atoms with van der Waals surface area (Å²) in [6, 6.07) is 5.79. The Kier molecular flexibility index (Phi) is 4.70. The van der Waals surface area contributed by atoms with Crippen molar-refractivity contribution in [2.75, 3.05) is 18.0 Å². The Morgan fingerprint density at radius 1 is 1.29 bits per heavy atom. The molecule has 0 radical (unpaired) electrons. The molecule has 0 bridgehead atoms. The molecular formula is C18H18F3N5O2. The van der Waals surface area contributed by atoms with Crippen LogP contribution in [0.1, 0.15) is 24.2 Å². The van der Waals surface area contributed by atoms with Crippen LogP contribution in [0, 0.1) is 5.92 Å². The quantitative estimate of drug-likeness (QED) is 0.738. The van der Waals surface area contributed by atoms with E-state index in [1.54, 1.807) is 17.0 Å². The molecule has 1 atom stereocenters. The third-order valence-corrected chi connectivity index (χ3v) is 4.80. The maximum atomic E-state index is 13.0. The van der Waals surface area contributed by atoms with Gasteiger partial charge in [-0.3, -0.25) is 9.20 Å². The van der Waals surface area contributed by atoms with Crippen molar-refractivity contribution in [1.29, 1.82) is 0 Å². The number of carbonyl (C=O) groups excluding carboxylic acids is 1. The number of hydrogen-bond acceptors (Lipinski definition) is 5. The SMILES string of the molecule is O=C(NCc1ccco1)[C@H]1CCCN(c2nnc3ccc(C(F)(F)F)cn23)C1. The Hall–Kier alpha value is -3.04. The van der Waals surface area contributed by atoms with Crippen LogP contribution in [0.15, 0.2) is 41.1 Å². The van der Waals surface area contributed by atoms with Gasteiger partial charge in [-0.1, -0.05) is 0 Å². The van der Waals surface area contributed by atoms with Crippen molar-refractivity contribution in [3.8, 4) is 0 Å². The van der Waals surface area contributed by atoms with E-state index in [1.807, 2.05) is 0 Å². The number of nitrogens with one attached hydrogen (secondary N) is 1. The first-order chi connectivity index (χ1) is 13.4. The van der Waals surface area contributed by atoms with E-state index in [0.717, 1.165) is 18.7 Å². The zero-order valence-electron chi connectivity index (χ0n) is 14.8. The van der Waals surface area contributed by atoms with E-state index in [9.17, 15) is 18.0 Å². The Labute approximate surface area is 158 Å². The zero-order valence-corrected chi connectivity index (χ0v) is 14.8. The van der Waals surface area contributed by atoms with Crippen LogP contribution in [0.5, 0.6) is 0 Å².